The van der Waals surface area contributed by atoms with Gasteiger partial charge >= 0.3 is 6.09 Å². The van der Waals surface area contributed by atoms with E-state index in [4.69, 9.17) is 4.74 Å². The fourth-order valence-electron chi connectivity index (χ4n) is 4.06. The molecule has 180 valence electrons. The van der Waals surface area contributed by atoms with Crippen LogP contribution in [0.15, 0.2) is 85.1 Å². The molecule has 35 heavy (non-hydrogen) atoms. The number of carbonyl (C=O) groups is 2. The van der Waals surface area contributed by atoms with Gasteiger partial charge in [-0.15, -0.1) is 0 Å². The molecule has 0 radical (unpaired) electrons. The topological polar surface area (TPSA) is 83.2 Å². The minimum atomic E-state index is -1.31. The summed E-state index contributed by atoms with van der Waals surface area (Å²) in [5, 5.41) is 6.74. The highest BCUT2D eigenvalue weighted by Gasteiger charge is 2.37. The van der Waals surface area contributed by atoms with E-state index in [2.05, 4.69) is 15.6 Å². The van der Waals surface area contributed by atoms with Crippen molar-refractivity contribution < 1.29 is 18.7 Å². The van der Waals surface area contributed by atoms with Crippen LogP contribution in [-0.4, -0.2) is 22.5 Å². The van der Waals surface area contributed by atoms with Crippen LogP contribution in [0.5, 0.6) is 0 Å². The predicted molar refractivity (Wildman–Crippen MR) is 133 cm³/mol. The van der Waals surface area contributed by atoms with Crippen molar-refractivity contribution in [3.05, 3.63) is 108 Å². The summed E-state index contributed by atoms with van der Waals surface area (Å²) in [5.41, 5.74) is 1.98. The third-order valence-corrected chi connectivity index (χ3v) is 6.00. The van der Waals surface area contributed by atoms with Crippen molar-refractivity contribution in [1.82, 2.24) is 15.6 Å². The minimum absolute atomic E-state index is 0.116. The molecule has 0 spiro atoms. The van der Waals surface area contributed by atoms with Gasteiger partial charge in [-0.1, -0.05) is 60.7 Å². The number of benzene rings is 3. The van der Waals surface area contributed by atoms with Gasteiger partial charge in [-0.05, 0) is 48.7 Å². The molecular weight excluding hydrogens is 445 g/mol. The largest absolute Gasteiger partial charge is 0.445 e. The van der Waals surface area contributed by atoms with E-state index in [1.165, 1.54) is 12.1 Å². The lowest BCUT2D eigenvalue weighted by Gasteiger charge is -2.31. The fraction of sp³-hybridized carbons (Fsp3) is 0.214. The molecule has 3 N–H and O–H groups in total. The number of H-pyrrole nitrogens is 1. The first-order chi connectivity index (χ1) is 16.8. The SMILES string of the molecule is CC(NC(=O)C(C)(Cc1c[nH]c2ccccc12)NC(=O)OCc1cccc(F)c1)c1ccccc1. The normalized spacial score (nSPS) is 13.6. The Kier molecular flexibility index (Phi) is 7.15. The molecule has 3 aromatic carbocycles. The Morgan fingerprint density at radius 1 is 1.03 bits per heavy atom. The smallest absolute Gasteiger partial charge is 0.408 e. The van der Waals surface area contributed by atoms with Gasteiger partial charge in [0, 0.05) is 23.5 Å². The van der Waals surface area contributed by atoms with Gasteiger partial charge in [0.15, 0.2) is 0 Å². The third-order valence-electron chi connectivity index (χ3n) is 6.00. The van der Waals surface area contributed by atoms with E-state index in [1.54, 1.807) is 19.1 Å². The van der Waals surface area contributed by atoms with Crippen LogP contribution in [-0.2, 0) is 22.6 Å². The molecule has 4 rings (SSSR count). The summed E-state index contributed by atoms with van der Waals surface area (Å²) in [6.45, 7) is 3.45. The van der Waals surface area contributed by atoms with Gasteiger partial charge in [0.1, 0.15) is 18.0 Å². The average molecular weight is 474 g/mol. The standard InChI is InChI=1S/C28H28FN3O3/c1-19(21-10-4-3-5-11-21)31-26(33)28(2,16-22-17-30-25-14-7-6-13-24(22)25)32-27(34)35-18-20-9-8-12-23(29)15-20/h3-15,17,19,30H,16,18H2,1-2H3,(H,31,33)(H,32,34). The zero-order valence-corrected chi connectivity index (χ0v) is 19.7. The van der Waals surface area contributed by atoms with Crippen molar-refractivity contribution >= 4 is 22.9 Å². The second-order valence-electron chi connectivity index (χ2n) is 8.81. The molecular formula is C28H28FN3O3. The minimum Gasteiger partial charge on any atom is -0.445 e. The van der Waals surface area contributed by atoms with Crippen LogP contribution in [0.4, 0.5) is 9.18 Å². The highest BCUT2D eigenvalue weighted by molar-refractivity contribution is 5.91. The number of fused-ring (bicyclic) bond motifs is 1. The molecule has 0 saturated carbocycles. The van der Waals surface area contributed by atoms with E-state index in [9.17, 15) is 14.0 Å². The lowest BCUT2D eigenvalue weighted by molar-refractivity contribution is -0.127. The Bertz CT molecular complexity index is 1320. The molecule has 2 atom stereocenters. The first-order valence-corrected chi connectivity index (χ1v) is 11.4. The number of carbonyl (C=O) groups excluding carboxylic acids is 2. The van der Waals surface area contributed by atoms with Gasteiger partial charge in [-0.2, -0.15) is 0 Å². The first kappa shape index (κ1) is 24.0. The van der Waals surface area contributed by atoms with Crippen LogP contribution in [0.1, 0.15) is 36.6 Å². The summed E-state index contributed by atoms with van der Waals surface area (Å²) < 4.78 is 18.8. The molecule has 7 heteroatoms. The van der Waals surface area contributed by atoms with Gasteiger partial charge in [-0.25, -0.2) is 9.18 Å². The number of ether oxygens (including phenoxy) is 1. The van der Waals surface area contributed by atoms with E-state index in [-0.39, 0.29) is 25.0 Å². The molecule has 1 heterocycles. The summed E-state index contributed by atoms with van der Waals surface area (Å²) in [4.78, 5) is 29.5. The van der Waals surface area contributed by atoms with Crippen molar-refractivity contribution in [2.24, 2.45) is 0 Å². The Morgan fingerprint density at radius 3 is 2.54 bits per heavy atom. The number of amides is 2. The maximum Gasteiger partial charge on any atom is 0.408 e. The maximum absolute atomic E-state index is 13.5. The maximum atomic E-state index is 13.5. The number of aromatic nitrogens is 1. The van der Waals surface area contributed by atoms with Crippen molar-refractivity contribution in [1.29, 1.82) is 0 Å². The first-order valence-electron chi connectivity index (χ1n) is 11.4. The molecule has 2 amide bonds. The Balaban J connectivity index is 1.54. The number of nitrogens with one attached hydrogen (secondary N) is 3. The lowest BCUT2D eigenvalue weighted by Crippen LogP contribution is -2.58. The van der Waals surface area contributed by atoms with E-state index in [0.29, 0.717) is 5.56 Å². The Labute approximate surface area is 203 Å². The molecule has 0 saturated heterocycles. The third kappa shape index (κ3) is 5.87. The summed E-state index contributed by atoms with van der Waals surface area (Å²) >= 11 is 0. The summed E-state index contributed by atoms with van der Waals surface area (Å²) in [6, 6.07) is 22.9. The predicted octanol–water partition coefficient (Wildman–Crippen LogP) is 5.41. The van der Waals surface area contributed by atoms with Crippen molar-refractivity contribution in [2.45, 2.75) is 38.5 Å². The van der Waals surface area contributed by atoms with E-state index in [0.717, 1.165) is 22.0 Å². The van der Waals surface area contributed by atoms with Crippen LogP contribution in [0.25, 0.3) is 10.9 Å². The molecule has 1 aromatic heterocycles. The summed E-state index contributed by atoms with van der Waals surface area (Å²) in [7, 11) is 0. The number of hydrogen-bond donors (Lipinski definition) is 3. The van der Waals surface area contributed by atoms with Crippen molar-refractivity contribution in [3.63, 3.8) is 0 Å². The number of halogens is 1. The number of rotatable bonds is 8. The van der Waals surface area contributed by atoms with Crippen LogP contribution in [0.3, 0.4) is 0 Å². The zero-order valence-electron chi connectivity index (χ0n) is 19.7. The summed E-state index contributed by atoms with van der Waals surface area (Å²) in [5.74, 6) is -0.758. The van der Waals surface area contributed by atoms with E-state index in [1.807, 2.05) is 67.7 Å². The Morgan fingerprint density at radius 2 is 1.77 bits per heavy atom. The number of hydrogen-bond acceptors (Lipinski definition) is 3. The van der Waals surface area contributed by atoms with Gasteiger partial charge in [-0.3, -0.25) is 4.79 Å². The van der Waals surface area contributed by atoms with Crippen molar-refractivity contribution in [2.75, 3.05) is 0 Å². The molecule has 0 fully saturated rings. The molecule has 2 unspecified atom stereocenters. The number of alkyl carbamates (subject to hydrolysis) is 1. The van der Waals surface area contributed by atoms with Crippen LogP contribution in [0, 0.1) is 5.82 Å². The highest BCUT2D eigenvalue weighted by atomic mass is 19.1. The molecule has 0 bridgehead atoms. The fourth-order valence-corrected chi connectivity index (χ4v) is 4.06. The second kappa shape index (κ2) is 10.4. The van der Waals surface area contributed by atoms with E-state index < -0.39 is 17.4 Å². The monoisotopic (exact) mass is 473 g/mol. The zero-order chi connectivity index (χ0) is 24.8. The number of aromatic amines is 1. The van der Waals surface area contributed by atoms with Gasteiger partial charge in [0.25, 0.3) is 0 Å². The van der Waals surface area contributed by atoms with Crippen LogP contribution < -0.4 is 10.6 Å². The van der Waals surface area contributed by atoms with Gasteiger partial charge in [0.05, 0.1) is 6.04 Å². The molecule has 4 aromatic rings. The molecule has 0 aliphatic rings. The van der Waals surface area contributed by atoms with Gasteiger partial charge < -0.3 is 20.4 Å². The Hall–Kier alpha value is -4.13. The van der Waals surface area contributed by atoms with Gasteiger partial charge in [0.2, 0.25) is 5.91 Å². The molecule has 0 aliphatic heterocycles. The molecule has 0 aliphatic carbocycles. The van der Waals surface area contributed by atoms with Crippen LogP contribution in [0.2, 0.25) is 0 Å². The number of para-hydroxylation sites is 1. The van der Waals surface area contributed by atoms with Crippen LogP contribution >= 0.6 is 0 Å². The molecule has 6 nitrogen and oxygen atoms in total. The van der Waals surface area contributed by atoms with Crippen molar-refractivity contribution in [3.8, 4) is 0 Å². The summed E-state index contributed by atoms with van der Waals surface area (Å²) in [6.07, 6.45) is 1.31. The lowest BCUT2D eigenvalue weighted by atomic mass is 9.91. The van der Waals surface area contributed by atoms with E-state index >= 15 is 0 Å². The average Bonchev–Trinajstić information content (AvgIpc) is 3.25. The second-order valence-corrected chi connectivity index (χ2v) is 8.81. The highest BCUT2D eigenvalue weighted by Crippen LogP contribution is 2.24. The quantitative estimate of drug-likeness (QED) is 0.320.